The monoisotopic (exact) mass is 1970 g/mol. The third-order valence-corrected chi connectivity index (χ3v) is 53.9. The van der Waals surface area contributed by atoms with Gasteiger partial charge in [0.15, 0.2) is 39.1 Å². The van der Waals surface area contributed by atoms with Crippen LogP contribution in [0.4, 0.5) is 9.59 Å². The van der Waals surface area contributed by atoms with Gasteiger partial charge in [-0.15, -0.1) is 0 Å². The number of fused-ring (bicyclic) bond motifs is 4. The van der Waals surface area contributed by atoms with Crippen LogP contribution in [-0.4, -0.2) is 246 Å². The van der Waals surface area contributed by atoms with Crippen LogP contribution in [0.15, 0.2) is 72.9 Å². The maximum Gasteiger partial charge on any atom is 0.407 e. The number of cyclic esters (lactones) is 2. The molecule has 0 aromatic rings. The number of ether oxygens (including phenoxy) is 12. The number of carbonyl (C=O) groups excluding carboxylic acids is 5. The molecule has 136 heavy (non-hydrogen) atoms. The number of aliphatic hydroxyl groups is 1. The number of carbonyl (C=O) groups is 5. The Morgan fingerprint density at radius 2 is 0.735 bits per heavy atom. The molecule has 18 aliphatic heterocycles. The van der Waals surface area contributed by atoms with Crippen molar-refractivity contribution >= 4 is 62.8 Å². The molecule has 24 nitrogen and oxygen atoms in total. The van der Waals surface area contributed by atoms with Crippen molar-refractivity contribution in [2.24, 2.45) is 47.3 Å². The number of hydrogen-bond donors (Lipinski definition) is 3. The fraction of sp³-hybridized carbons (Fsp3) is 0.843. The smallest absolute Gasteiger partial charge is 0.407 e. The summed E-state index contributed by atoms with van der Waals surface area (Å²) in [6.07, 6.45) is 15.5. The summed E-state index contributed by atoms with van der Waals surface area (Å²) in [5.74, 6) is 0.772. The van der Waals surface area contributed by atoms with Crippen LogP contribution in [0.5, 0.6) is 0 Å². The van der Waals surface area contributed by atoms with Crippen molar-refractivity contribution in [1.29, 1.82) is 0 Å². The molecule has 0 aliphatic carbocycles. The van der Waals surface area contributed by atoms with Crippen molar-refractivity contribution in [3.63, 3.8) is 0 Å². The SMILES string of the molecule is C=C1C[C@@H]2CCC(=O)/C=C/[C@H](O[Si](C)(C)C(C)(C)C)[C@@H]3OC4CC[C@H](CC(=O)C[C@@H]5[C@@H](C)[C@@H](C[C@H]6CNC(=O)O6)O[C@H]5C[C@H]5O[C@@H](CC[C@@H]1O2)C[C@@H](C)C5=C)O[C@@H]4[C@H](C)[C@@H]3O[Si](C)(C)C(C)(C)C.C=C1C[C@@H]2CCC(O)/C=C/[C@H](O[Si](C)(C)C(C)(C)C)[C@@H]3OC4CC[C@H](CC(=O)C[C@@H]5[C@@H](C)[C@@H](C[C@H]6CNC(=O)O6)O[C@H]5C[C@H]5O[C@@H](CC[C@@H]1O2)C[C@@H](C)C5=C)O[C@@H]4[C@H](C)[C@@H]3O[Si](C)(C)C(C)(C)C. The van der Waals surface area contributed by atoms with Crippen molar-refractivity contribution in [3.05, 3.63) is 72.9 Å². The highest BCUT2D eigenvalue weighted by Gasteiger charge is 2.59. The maximum atomic E-state index is 14.5. The molecule has 3 N–H and O–H groups in total. The van der Waals surface area contributed by atoms with E-state index in [0.717, 1.165) is 86.5 Å². The van der Waals surface area contributed by atoms with Gasteiger partial charge >= 0.3 is 12.2 Å². The van der Waals surface area contributed by atoms with E-state index in [4.69, 9.17) is 74.5 Å². The zero-order valence-electron chi connectivity index (χ0n) is 88.3. The molecule has 18 rings (SSSR count). The van der Waals surface area contributed by atoms with E-state index in [1.54, 1.807) is 6.08 Å². The van der Waals surface area contributed by atoms with Crippen LogP contribution in [0.25, 0.3) is 0 Å². The van der Waals surface area contributed by atoms with Gasteiger partial charge in [0.2, 0.25) is 0 Å². The molecular formula is C108H180N2O22Si4. The Kier molecular flexibility index (Phi) is 35.7. The van der Waals surface area contributed by atoms with E-state index in [1.807, 2.05) is 12.2 Å². The van der Waals surface area contributed by atoms with E-state index in [2.05, 4.69) is 220 Å². The van der Waals surface area contributed by atoms with E-state index in [1.165, 1.54) is 0 Å². The molecule has 0 aromatic heterocycles. The molecule has 16 bridgehead atoms. The Labute approximate surface area is 821 Å². The molecule has 12 fully saturated rings. The van der Waals surface area contributed by atoms with E-state index < -0.39 is 76.0 Å². The molecule has 0 aromatic carbocycles. The van der Waals surface area contributed by atoms with Gasteiger partial charge < -0.3 is 90.3 Å². The molecule has 770 valence electrons. The molecule has 18 aliphatic rings. The number of Topliss-reactive ketones (excluding diaryl/α,β-unsaturated/α-hetero) is 2. The first-order valence-corrected chi connectivity index (χ1v) is 64.5. The highest BCUT2D eigenvalue weighted by Crippen LogP contribution is 2.53. The van der Waals surface area contributed by atoms with E-state index in [0.29, 0.717) is 103 Å². The Hall–Kier alpha value is -3.74. The average molecular weight is 1970 g/mol. The molecule has 0 saturated carbocycles. The Bertz CT molecular complexity index is 4220. The lowest BCUT2D eigenvalue weighted by atomic mass is 9.78. The molecule has 12 saturated heterocycles. The van der Waals surface area contributed by atoms with Crippen LogP contribution >= 0.6 is 0 Å². The van der Waals surface area contributed by atoms with Gasteiger partial charge in [0, 0.05) is 69.6 Å². The first-order chi connectivity index (χ1) is 63.4. The second-order valence-corrected chi connectivity index (χ2v) is 69.3. The molecular weight excluding hydrogens is 1790 g/mol. The number of alkyl carbamates (subject to hydrolysis) is 2. The number of hydrogen-bond acceptors (Lipinski definition) is 22. The lowest BCUT2D eigenvalue weighted by molar-refractivity contribution is -0.251. The van der Waals surface area contributed by atoms with Crippen molar-refractivity contribution in [2.75, 3.05) is 13.1 Å². The molecule has 3 unspecified atom stereocenters. The van der Waals surface area contributed by atoms with Gasteiger partial charge in [0.05, 0.1) is 153 Å². The van der Waals surface area contributed by atoms with Gasteiger partial charge in [-0.3, -0.25) is 14.4 Å². The van der Waals surface area contributed by atoms with Crippen molar-refractivity contribution in [1.82, 2.24) is 10.6 Å². The summed E-state index contributed by atoms with van der Waals surface area (Å²) >= 11 is 0. The average Bonchev–Trinajstić information content (AvgIpc) is 1.04. The second kappa shape index (κ2) is 44.3. The zero-order valence-corrected chi connectivity index (χ0v) is 92.3. The fourth-order valence-electron chi connectivity index (χ4n) is 22.9. The fourth-order valence-corrected chi connectivity index (χ4v) is 28.2. The lowest BCUT2D eigenvalue weighted by Crippen LogP contribution is -2.64. The number of allylic oxidation sites excluding steroid dienone is 1. The number of rotatable bonds is 12. The molecule has 0 radical (unpaired) electrons. The Morgan fingerprint density at radius 3 is 1.12 bits per heavy atom. The van der Waals surface area contributed by atoms with E-state index >= 15 is 0 Å². The van der Waals surface area contributed by atoms with Crippen LogP contribution in [0.2, 0.25) is 72.5 Å². The highest BCUT2D eigenvalue weighted by molar-refractivity contribution is 6.75. The minimum atomic E-state index is -2.40. The predicted octanol–water partition coefficient (Wildman–Crippen LogP) is 21.3. The number of nitrogens with one attached hydrogen (secondary N) is 2. The second-order valence-electron chi connectivity index (χ2n) is 50.3. The van der Waals surface area contributed by atoms with Crippen LogP contribution in [-0.2, 0) is 88.9 Å². The maximum absolute atomic E-state index is 14.5. The topological polar surface area (TPSA) is 277 Å². The lowest BCUT2D eigenvalue weighted by Gasteiger charge is -2.54. The van der Waals surface area contributed by atoms with Crippen molar-refractivity contribution in [3.8, 4) is 0 Å². The Balaban J connectivity index is 0.000000230. The first kappa shape index (κ1) is 109. The summed E-state index contributed by atoms with van der Waals surface area (Å²) in [4.78, 5) is 66.9. The number of aliphatic hydroxyl groups excluding tert-OH is 1. The van der Waals surface area contributed by atoms with E-state index in [-0.39, 0.29) is 219 Å². The standard InChI is InChI=1S/C54H91NO11Si2.C54H89NO11Si2/c2*1-31-24-39-19-22-43-32(2)25-38(59-43)18-16-36(56)17-21-45(65-67(12,13)53(6,7)8)51-50(66-68(14,15)54(9,10)11)35(5)49-44(64-51)23-20-40(61-49)26-37(57)27-42-34(4)46(28-41-30-55-52(58)62-41)63-48(42)29-47(60-39)33(31)3/h17,21,31,34-36,38-51,56H,2-3,16,18-20,22-30H2,1,4-15H3,(H,55,58);17,21,31,34-35,38-51H,2-3,16,18-20,22-30H2,1,4-15H3,(H,55,58)/b2*21-17+/t31-,34-,35+,36?,38+,39+,40-,41+,42-,43+,44?,45+,46-,47-,48+,49-,50+,51+;31-,34-,35+,38+,39+,40-,41+,42-,43+,44?,45+,46-,47-,48+,49-,50+,51+/m11/s1. The quantitative estimate of drug-likeness (QED) is 0.121. The molecule has 0 spiro atoms. The first-order valence-electron chi connectivity index (χ1n) is 52.9. The van der Waals surface area contributed by atoms with Gasteiger partial charge in [0.1, 0.15) is 36.0 Å². The highest BCUT2D eigenvalue weighted by atomic mass is 28.4. The summed E-state index contributed by atoms with van der Waals surface area (Å²) < 4.78 is 110. The van der Waals surface area contributed by atoms with E-state index in [9.17, 15) is 29.1 Å². The van der Waals surface area contributed by atoms with Gasteiger partial charge in [0.25, 0.3) is 0 Å². The number of amides is 2. The van der Waals surface area contributed by atoms with Gasteiger partial charge in [-0.2, -0.15) is 0 Å². The summed E-state index contributed by atoms with van der Waals surface area (Å²) in [7, 11) is -9.51. The van der Waals surface area contributed by atoms with Crippen molar-refractivity contribution in [2.45, 2.75) is 516 Å². The van der Waals surface area contributed by atoms with Gasteiger partial charge in [-0.1, -0.05) is 169 Å². The Morgan fingerprint density at radius 1 is 0.375 bits per heavy atom. The molecule has 28 heteroatoms. The number of ketones is 3. The molecule has 18 heterocycles. The molecule has 35 atom stereocenters. The van der Waals surface area contributed by atoms with Gasteiger partial charge in [-0.05, 0) is 233 Å². The molecule has 2 amide bonds. The van der Waals surface area contributed by atoms with Crippen molar-refractivity contribution < 1.29 is 104 Å². The third-order valence-electron chi connectivity index (χ3n) is 36.0. The minimum Gasteiger partial charge on any atom is -0.444 e. The third kappa shape index (κ3) is 26.6. The minimum absolute atomic E-state index is 0.0123. The summed E-state index contributed by atoms with van der Waals surface area (Å²) in [5.41, 5.74) is 4.32. The summed E-state index contributed by atoms with van der Waals surface area (Å²) in [5, 5.41) is 16.9. The normalized spacial score (nSPS) is 41.7. The van der Waals surface area contributed by atoms with Crippen LogP contribution in [0.1, 0.15) is 279 Å². The predicted molar refractivity (Wildman–Crippen MR) is 540 cm³/mol. The van der Waals surface area contributed by atoms with Crippen LogP contribution < -0.4 is 10.6 Å². The van der Waals surface area contributed by atoms with Gasteiger partial charge in [-0.25, -0.2) is 9.59 Å². The largest absolute Gasteiger partial charge is 0.444 e. The van der Waals surface area contributed by atoms with Crippen LogP contribution in [0.3, 0.4) is 0 Å². The van der Waals surface area contributed by atoms with Crippen LogP contribution in [0, 0.1) is 47.3 Å². The summed E-state index contributed by atoms with van der Waals surface area (Å²) in [6, 6.07) is 0. The summed E-state index contributed by atoms with van der Waals surface area (Å²) in [6.45, 7) is 77.4. The zero-order chi connectivity index (χ0) is 99.3.